The molecular formula is C14H6N2O8. The molecule has 10 nitrogen and oxygen atoms in total. The second kappa shape index (κ2) is 4.84. The van der Waals surface area contributed by atoms with Crippen molar-refractivity contribution in [2.24, 2.45) is 0 Å². The van der Waals surface area contributed by atoms with E-state index < -0.39 is 57.6 Å². The Balaban J connectivity index is 2.57. The number of nitrogens with zero attached hydrogens (tertiary/aromatic N) is 1. The number of nitrogens with one attached hydrogen (secondary N) is 1. The van der Waals surface area contributed by atoms with Crippen LogP contribution in [-0.2, 0) is 0 Å². The summed E-state index contributed by atoms with van der Waals surface area (Å²) in [6, 6.07) is 1.23. The fourth-order valence-corrected chi connectivity index (χ4v) is 2.57. The highest BCUT2D eigenvalue weighted by molar-refractivity contribution is 6.52. The third kappa shape index (κ3) is 1.83. The first kappa shape index (κ1) is 15.1. The maximum atomic E-state index is 12.1. The number of carboxylic acids is 3. The Bertz CT molecular complexity index is 985. The summed E-state index contributed by atoms with van der Waals surface area (Å²) in [5.74, 6) is -7.65. The number of aromatic nitrogens is 2. The molecule has 10 heteroatoms. The van der Waals surface area contributed by atoms with Gasteiger partial charge in [0.2, 0.25) is 5.78 Å². The van der Waals surface area contributed by atoms with Gasteiger partial charge in [-0.1, -0.05) is 0 Å². The Morgan fingerprint density at radius 2 is 1.54 bits per heavy atom. The average Bonchev–Trinajstić information content (AvgIpc) is 2.99. The lowest BCUT2D eigenvalue weighted by molar-refractivity contribution is 0.0628. The number of hydrogen-bond donors (Lipinski definition) is 4. The van der Waals surface area contributed by atoms with Gasteiger partial charge in [-0.2, -0.15) is 0 Å². The Morgan fingerprint density at radius 1 is 0.917 bits per heavy atom. The molecule has 2 aromatic rings. The number of carbonyl (C=O) groups excluding carboxylic acids is 2. The van der Waals surface area contributed by atoms with Gasteiger partial charge < -0.3 is 20.3 Å². The molecule has 0 unspecified atom stereocenters. The van der Waals surface area contributed by atoms with Crippen molar-refractivity contribution in [3.8, 4) is 11.3 Å². The smallest absolute Gasteiger partial charge is 0.355 e. The molecule has 2 heterocycles. The molecule has 0 saturated heterocycles. The molecule has 2 aromatic heterocycles. The highest BCUT2D eigenvalue weighted by Gasteiger charge is 2.40. The lowest BCUT2D eigenvalue weighted by Gasteiger charge is -2.18. The van der Waals surface area contributed by atoms with Gasteiger partial charge in [0.25, 0.3) is 5.78 Å². The van der Waals surface area contributed by atoms with E-state index in [1.165, 1.54) is 12.3 Å². The van der Waals surface area contributed by atoms with Crippen LogP contribution in [0.25, 0.3) is 11.3 Å². The molecule has 0 spiro atoms. The Morgan fingerprint density at radius 3 is 2.08 bits per heavy atom. The second-order valence-corrected chi connectivity index (χ2v) is 4.77. The largest absolute Gasteiger partial charge is 0.478 e. The highest BCUT2D eigenvalue weighted by Crippen LogP contribution is 2.36. The summed E-state index contributed by atoms with van der Waals surface area (Å²) in [5.41, 5.74) is -4.50. The number of pyridine rings is 1. The molecule has 0 aliphatic heterocycles. The molecule has 24 heavy (non-hydrogen) atoms. The summed E-state index contributed by atoms with van der Waals surface area (Å²) in [4.78, 5) is 64.4. The zero-order valence-electron chi connectivity index (χ0n) is 11.5. The average molecular weight is 330 g/mol. The van der Waals surface area contributed by atoms with Crippen LogP contribution in [0.4, 0.5) is 0 Å². The molecule has 3 rings (SSSR count). The van der Waals surface area contributed by atoms with E-state index in [0.717, 1.165) is 0 Å². The van der Waals surface area contributed by atoms with Crippen molar-refractivity contribution in [3.05, 3.63) is 40.3 Å². The molecule has 1 aliphatic carbocycles. The van der Waals surface area contributed by atoms with Crippen LogP contribution in [-0.4, -0.2) is 54.8 Å². The minimum atomic E-state index is -1.84. The first-order chi connectivity index (χ1) is 11.3. The molecule has 0 aromatic carbocycles. The molecule has 0 amide bonds. The summed E-state index contributed by atoms with van der Waals surface area (Å²) >= 11 is 0. The number of carbonyl (C=O) groups is 5. The minimum absolute atomic E-state index is 0.0982. The predicted octanol–water partition coefficient (Wildman–Crippen LogP) is 0.550. The van der Waals surface area contributed by atoms with E-state index in [9.17, 15) is 34.2 Å². The zero-order chi connectivity index (χ0) is 17.8. The first-order valence-electron chi connectivity index (χ1n) is 6.30. The number of H-pyrrole nitrogens is 1. The summed E-state index contributed by atoms with van der Waals surface area (Å²) in [6.45, 7) is 0. The normalized spacial score (nSPS) is 12.5. The summed E-state index contributed by atoms with van der Waals surface area (Å²) in [5, 5.41) is 27.7. The van der Waals surface area contributed by atoms with E-state index in [1.54, 1.807) is 0 Å². The number of fused-ring (bicyclic) bond motifs is 3. The van der Waals surface area contributed by atoms with Gasteiger partial charge in [0.1, 0.15) is 11.3 Å². The van der Waals surface area contributed by atoms with Gasteiger partial charge in [-0.3, -0.25) is 9.59 Å². The van der Waals surface area contributed by atoms with Crippen molar-refractivity contribution in [1.82, 2.24) is 9.97 Å². The molecule has 0 fully saturated rings. The van der Waals surface area contributed by atoms with Crippen LogP contribution in [0.5, 0.6) is 0 Å². The van der Waals surface area contributed by atoms with E-state index in [4.69, 9.17) is 5.11 Å². The van der Waals surface area contributed by atoms with Gasteiger partial charge in [0.15, 0.2) is 5.69 Å². The van der Waals surface area contributed by atoms with Gasteiger partial charge in [-0.25, -0.2) is 19.4 Å². The molecular weight excluding hydrogens is 324 g/mol. The molecule has 0 bridgehead atoms. The van der Waals surface area contributed by atoms with Gasteiger partial charge in [0, 0.05) is 11.8 Å². The van der Waals surface area contributed by atoms with Crippen molar-refractivity contribution >= 4 is 29.5 Å². The maximum Gasteiger partial charge on any atom is 0.355 e. The fraction of sp³-hybridized carbons (Fsp3) is 0. The predicted molar refractivity (Wildman–Crippen MR) is 73.6 cm³/mol. The number of ketones is 2. The molecule has 120 valence electrons. The lowest BCUT2D eigenvalue weighted by Crippen LogP contribution is -2.28. The van der Waals surface area contributed by atoms with Crippen LogP contribution in [0.1, 0.15) is 52.1 Å². The second-order valence-electron chi connectivity index (χ2n) is 4.77. The molecule has 0 saturated carbocycles. The van der Waals surface area contributed by atoms with Gasteiger partial charge in [0.05, 0.1) is 16.8 Å². The third-order valence-electron chi connectivity index (χ3n) is 3.49. The Labute approximate surface area is 131 Å². The number of aromatic carboxylic acids is 3. The SMILES string of the molecule is O=C1C(=O)c2nc(C(=O)O)c(C(=O)O)c(C(=O)O)c2-c2[nH]ccc21. The van der Waals surface area contributed by atoms with Crippen LogP contribution in [0.2, 0.25) is 0 Å². The quantitative estimate of drug-likeness (QED) is 0.585. The van der Waals surface area contributed by atoms with Crippen molar-refractivity contribution in [2.45, 2.75) is 0 Å². The van der Waals surface area contributed by atoms with E-state index in [2.05, 4.69) is 9.97 Å². The lowest BCUT2D eigenvalue weighted by atomic mass is 9.86. The Kier molecular flexibility index (Phi) is 3.04. The van der Waals surface area contributed by atoms with E-state index in [0.29, 0.717) is 0 Å². The monoisotopic (exact) mass is 330 g/mol. The van der Waals surface area contributed by atoms with Crippen LogP contribution in [0.3, 0.4) is 0 Å². The van der Waals surface area contributed by atoms with Gasteiger partial charge >= 0.3 is 17.9 Å². The Hall–Kier alpha value is -3.82. The zero-order valence-corrected chi connectivity index (χ0v) is 11.5. The first-order valence-corrected chi connectivity index (χ1v) is 6.30. The fourth-order valence-electron chi connectivity index (χ4n) is 2.57. The standard InChI is InChI=1S/C14H6N2O8/c17-10-3-1-2-15-7(3)5-4(12(19)20)6(13(21)22)9(14(23)24)16-8(5)11(10)18/h1-2,15H,(H,19,20)(H,21,22)(H,23,24). The summed E-state index contributed by atoms with van der Waals surface area (Å²) < 4.78 is 0. The van der Waals surface area contributed by atoms with Crippen molar-refractivity contribution in [2.75, 3.05) is 0 Å². The number of Topliss-reactive ketones (excluding diaryl/α,β-unsaturated/α-hetero) is 2. The van der Waals surface area contributed by atoms with Crippen molar-refractivity contribution in [1.29, 1.82) is 0 Å². The van der Waals surface area contributed by atoms with Gasteiger partial charge in [-0.05, 0) is 6.07 Å². The molecule has 4 N–H and O–H groups in total. The number of rotatable bonds is 3. The highest BCUT2D eigenvalue weighted by atomic mass is 16.4. The molecule has 0 radical (unpaired) electrons. The maximum absolute atomic E-state index is 12.1. The van der Waals surface area contributed by atoms with Crippen molar-refractivity contribution in [3.63, 3.8) is 0 Å². The van der Waals surface area contributed by atoms with E-state index >= 15 is 0 Å². The van der Waals surface area contributed by atoms with E-state index in [1.807, 2.05) is 0 Å². The number of aromatic amines is 1. The van der Waals surface area contributed by atoms with Gasteiger partial charge in [-0.15, -0.1) is 0 Å². The van der Waals surface area contributed by atoms with Crippen LogP contribution in [0.15, 0.2) is 12.3 Å². The molecule has 0 atom stereocenters. The third-order valence-corrected chi connectivity index (χ3v) is 3.49. The van der Waals surface area contributed by atoms with Crippen molar-refractivity contribution < 1.29 is 39.3 Å². The van der Waals surface area contributed by atoms with Crippen LogP contribution < -0.4 is 0 Å². The van der Waals surface area contributed by atoms with Crippen LogP contribution in [0, 0.1) is 0 Å². The van der Waals surface area contributed by atoms with Crippen LogP contribution >= 0.6 is 0 Å². The number of hydrogen-bond acceptors (Lipinski definition) is 6. The topological polar surface area (TPSA) is 175 Å². The minimum Gasteiger partial charge on any atom is -0.478 e. The summed E-state index contributed by atoms with van der Waals surface area (Å²) in [7, 11) is 0. The number of carboxylic acid groups (broad SMARTS) is 3. The van der Waals surface area contributed by atoms with E-state index in [-0.39, 0.29) is 11.3 Å². The molecule has 1 aliphatic rings. The summed E-state index contributed by atoms with van der Waals surface area (Å²) in [6.07, 6.45) is 1.27.